The molecule has 0 aliphatic heterocycles. The second-order valence-electron chi connectivity index (χ2n) is 9.18. The Kier molecular flexibility index (Phi) is 7.62. The predicted octanol–water partition coefficient (Wildman–Crippen LogP) is 6.35. The Morgan fingerprint density at radius 3 is 2.26 bits per heavy atom. The zero-order valence-corrected chi connectivity index (χ0v) is 18.4. The summed E-state index contributed by atoms with van der Waals surface area (Å²) in [6.45, 7) is 9.06. The number of unbranched alkanes of at least 4 members (excludes halogenated alkanes) is 3. The van der Waals surface area contributed by atoms with Gasteiger partial charge in [-0.25, -0.2) is 0 Å². The van der Waals surface area contributed by atoms with Gasteiger partial charge in [-0.05, 0) is 54.7 Å². The maximum atomic E-state index is 11.5. The fourth-order valence-electron chi connectivity index (χ4n) is 4.65. The highest BCUT2D eigenvalue weighted by Gasteiger charge is 2.40. The second kappa shape index (κ2) is 9.32. The standard InChI is InChI=1S/C24H40O3/c1-7-8-9-10-13-23(3,4)19-15-20(26-5)22(21(16-19)27-6)24(25)14-11-12-18(2)17-24/h15-16,18,25H,7-14,17H2,1-6H3. The molecule has 1 aliphatic carbocycles. The van der Waals surface area contributed by atoms with Crippen molar-refractivity contribution in [1.82, 2.24) is 0 Å². The van der Waals surface area contributed by atoms with Crippen LogP contribution in [0.4, 0.5) is 0 Å². The van der Waals surface area contributed by atoms with Gasteiger partial charge in [-0.3, -0.25) is 0 Å². The summed E-state index contributed by atoms with van der Waals surface area (Å²) in [4.78, 5) is 0. The van der Waals surface area contributed by atoms with Crippen LogP contribution >= 0.6 is 0 Å². The van der Waals surface area contributed by atoms with E-state index in [9.17, 15) is 5.11 Å². The second-order valence-corrected chi connectivity index (χ2v) is 9.18. The van der Waals surface area contributed by atoms with Crippen LogP contribution in [0.25, 0.3) is 0 Å². The first-order valence-corrected chi connectivity index (χ1v) is 10.8. The Morgan fingerprint density at radius 1 is 1.11 bits per heavy atom. The molecule has 0 spiro atoms. The van der Waals surface area contributed by atoms with E-state index in [1.54, 1.807) is 14.2 Å². The summed E-state index contributed by atoms with van der Waals surface area (Å²) >= 11 is 0. The lowest BCUT2D eigenvalue weighted by atomic mass is 9.73. The van der Waals surface area contributed by atoms with E-state index in [0.717, 1.165) is 42.7 Å². The lowest BCUT2D eigenvalue weighted by Crippen LogP contribution is -2.33. The van der Waals surface area contributed by atoms with Crippen LogP contribution in [-0.2, 0) is 11.0 Å². The van der Waals surface area contributed by atoms with Gasteiger partial charge in [0.1, 0.15) is 11.5 Å². The quantitative estimate of drug-likeness (QED) is 0.510. The van der Waals surface area contributed by atoms with Gasteiger partial charge in [0.2, 0.25) is 0 Å². The number of methoxy groups -OCH3 is 2. The van der Waals surface area contributed by atoms with E-state index in [1.165, 1.54) is 37.7 Å². The molecule has 154 valence electrons. The van der Waals surface area contributed by atoms with E-state index < -0.39 is 5.60 Å². The fraction of sp³-hybridized carbons (Fsp3) is 0.750. The highest BCUT2D eigenvalue weighted by atomic mass is 16.5. The Morgan fingerprint density at radius 2 is 1.74 bits per heavy atom. The lowest BCUT2D eigenvalue weighted by molar-refractivity contribution is -0.0214. The smallest absolute Gasteiger partial charge is 0.128 e. The molecule has 0 amide bonds. The molecular weight excluding hydrogens is 336 g/mol. The zero-order valence-electron chi connectivity index (χ0n) is 18.4. The van der Waals surface area contributed by atoms with Crippen LogP contribution in [0.2, 0.25) is 0 Å². The van der Waals surface area contributed by atoms with E-state index in [0.29, 0.717) is 5.92 Å². The van der Waals surface area contributed by atoms with Crippen molar-refractivity contribution >= 4 is 0 Å². The topological polar surface area (TPSA) is 38.7 Å². The Labute approximate surface area is 166 Å². The molecule has 3 nitrogen and oxygen atoms in total. The van der Waals surface area contributed by atoms with Gasteiger partial charge in [-0.2, -0.15) is 0 Å². The minimum Gasteiger partial charge on any atom is -0.496 e. The van der Waals surface area contributed by atoms with E-state index in [-0.39, 0.29) is 5.41 Å². The van der Waals surface area contributed by atoms with Crippen LogP contribution in [0.3, 0.4) is 0 Å². The number of rotatable bonds is 9. The normalized spacial score (nSPS) is 23.3. The molecule has 0 aromatic heterocycles. The molecule has 1 aromatic rings. The summed E-state index contributed by atoms with van der Waals surface area (Å²) in [5, 5.41) is 11.5. The number of aliphatic hydroxyl groups is 1. The van der Waals surface area contributed by atoms with Crippen molar-refractivity contribution in [3.05, 3.63) is 23.3 Å². The molecule has 0 radical (unpaired) electrons. The maximum absolute atomic E-state index is 11.5. The molecule has 2 unspecified atom stereocenters. The van der Waals surface area contributed by atoms with Crippen molar-refractivity contribution in [2.75, 3.05) is 14.2 Å². The number of ether oxygens (including phenoxy) is 2. The van der Waals surface area contributed by atoms with E-state index in [2.05, 4.69) is 39.8 Å². The van der Waals surface area contributed by atoms with Crippen LogP contribution in [0.5, 0.6) is 11.5 Å². The van der Waals surface area contributed by atoms with E-state index in [4.69, 9.17) is 9.47 Å². The fourth-order valence-corrected chi connectivity index (χ4v) is 4.65. The van der Waals surface area contributed by atoms with Gasteiger partial charge in [0.25, 0.3) is 0 Å². The van der Waals surface area contributed by atoms with Crippen LogP contribution in [0.1, 0.15) is 96.6 Å². The maximum Gasteiger partial charge on any atom is 0.128 e. The molecule has 1 saturated carbocycles. The molecule has 1 fully saturated rings. The Bertz CT molecular complexity index is 583. The minimum atomic E-state index is -0.863. The molecule has 27 heavy (non-hydrogen) atoms. The van der Waals surface area contributed by atoms with Gasteiger partial charge in [0.05, 0.1) is 25.4 Å². The van der Waals surface area contributed by atoms with Crippen molar-refractivity contribution in [2.45, 2.75) is 96.5 Å². The van der Waals surface area contributed by atoms with Gasteiger partial charge in [-0.15, -0.1) is 0 Å². The summed E-state index contributed by atoms with van der Waals surface area (Å²) in [7, 11) is 3.40. The first-order valence-electron chi connectivity index (χ1n) is 10.8. The largest absolute Gasteiger partial charge is 0.496 e. The van der Waals surface area contributed by atoms with E-state index in [1.807, 2.05) is 0 Å². The van der Waals surface area contributed by atoms with Gasteiger partial charge >= 0.3 is 0 Å². The highest BCUT2D eigenvalue weighted by Crippen LogP contribution is 2.49. The summed E-state index contributed by atoms with van der Waals surface area (Å²) in [5.74, 6) is 2.04. The SMILES string of the molecule is CCCCCCC(C)(C)c1cc(OC)c(C2(O)CCCC(C)C2)c(OC)c1. The Balaban J connectivity index is 2.38. The number of hydrogen-bond donors (Lipinski definition) is 1. The minimum absolute atomic E-state index is 0.0509. The van der Waals surface area contributed by atoms with Crippen molar-refractivity contribution in [3.63, 3.8) is 0 Å². The molecule has 1 N–H and O–H groups in total. The highest BCUT2D eigenvalue weighted by molar-refractivity contribution is 5.53. The first kappa shape index (κ1) is 22.1. The molecule has 2 atom stereocenters. The average molecular weight is 377 g/mol. The van der Waals surface area contributed by atoms with Crippen LogP contribution < -0.4 is 9.47 Å². The molecular formula is C24H40O3. The van der Waals surface area contributed by atoms with Gasteiger partial charge in [-0.1, -0.05) is 59.8 Å². The van der Waals surface area contributed by atoms with Crippen molar-refractivity contribution < 1.29 is 14.6 Å². The molecule has 2 rings (SSSR count). The van der Waals surface area contributed by atoms with Crippen molar-refractivity contribution in [1.29, 1.82) is 0 Å². The molecule has 0 bridgehead atoms. The third kappa shape index (κ3) is 5.19. The Hall–Kier alpha value is -1.22. The van der Waals surface area contributed by atoms with Crippen LogP contribution in [0, 0.1) is 5.92 Å². The molecule has 0 heterocycles. The number of benzene rings is 1. The van der Waals surface area contributed by atoms with Crippen molar-refractivity contribution in [3.8, 4) is 11.5 Å². The van der Waals surface area contributed by atoms with E-state index >= 15 is 0 Å². The lowest BCUT2D eigenvalue weighted by Gasteiger charge is -2.38. The molecule has 1 aromatic carbocycles. The monoisotopic (exact) mass is 376 g/mol. The van der Waals surface area contributed by atoms with Crippen molar-refractivity contribution in [2.24, 2.45) is 5.92 Å². The predicted molar refractivity (Wildman–Crippen MR) is 113 cm³/mol. The van der Waals surface area contributed by atoms with Gasteiger partial charge < -0.3 is 14.6 Å². The zero-order chi connectivity index (χ0) is 20.1. The summed E-state index contributed by atoms with van der Waals surface area (Å²) in [6.07, 6.45) is 9.95. The summed E-state index contributed by atoms with van der Waals surface area (Å²) < 4.78 is 11.6. The van der Waals surface area contributed by atoms with Gasteiger partial charge in [0, 0.05) is 0 Å². The third-order valence-electron chi connectivity index (χ3n) is 6.38. The first-order chi connectivity index (χ1) is 12.8. The van der Waals surface area contributed by atoms with Crippen LogP contribution in [-0.4, -0.2) is 19.3 Å². The number of hydrogen-bond acceptors (Lipinski definition) is 3. The third-order valence-corrected chi connectivity index (χ3v) is 6.38. The summed E-state index contributed by atoms with van der Waals surface area (Å²) in [6, 6.07) is 4.27. The molecule has 0 saturated heterocycles. The summed E-state index contributed by atoms with van der Waals surface area (Å²) in [5.41, 5.74) is 1.25. The average Bonchev–Trinajstić information content (AvgIpc) is 2.63. The molecule has 3 heteroatoms. The molecule has 1 aliphatic rings. The van der Waals surface area contributed by atoms with Gasteiger partial charge in [0.15, 0.2) is 0 Å². The van der Waals surface area contributed by atoms with Crippen LogP contribution in [0.15, 0.2) is 12.1 Å².